The summed E-state index contributed by atoms with van der Waals surface area (Å²) in [5, 5.41) is 2.86. The van der Waals surface area contributed by atoms with Crippen LogP contribution in [0, 0.1) is 26.7 Å². The van der Waals surface area contributed by atoms with E-state index in [-0.39, 0.29) is 11.8 Å². The Bertz CT molecular complexity index is 836. The third kappa shape index (κ3) is 3.98. The zero-order valence-electron chi connectivity index (χ0n) is 16.5. The molecule has 0 aliphatic rings. The monoisotopic (exact) mass is 355 g/mol. The average molecular weight is 355 g/mol. The lowest BCUT2D eigenvalue weighted by molar-refractivity contribution is -0.124. The number of rotatable bonds is 6. The fourth-order valence-corrected chi connectivity index (χ4v) is 3.50. The highest BCUT2D eigenvalue weighted by Crippen LogP contribution is 2.23. The number of carbonyl (C=O) groups excluding carboxylic acids is 2. The van der Waals surface area contributed by atoms with Gasteiger partial charge in [0.25, 0.3) is 5.91 Å². The molecule has 1 heterocycles. The first kappa shape index (κ1) is 19.8. The van der Waals surface area contributed by atoms with E-state index in [9.17, 15) is 9.59 Å². The first-order chi connectivity index (χ1) is 12.0. The van der Waals surface area contributed by atoms with Crippen molar-refractivity contribution in [3.8, 4) is 5.69 Å². The molecular formula is C21H29N3O2. The van der Waals surface area contributed by atoms with Crippen molar-refractivity contribution in [2.75, 3.05) is 0 Å². The summed E-state index contributed by atoms with van der Waals surface area (Å²) in [5.41, 5.74) is 9.01. The molecule has 0 saturated carbocycles. The van der Waals surface area contributed by atoms with E-state index in [1.807, 2.05) is 63.5 Å². The molecule has 26 heavy (non-hydrogen) atoms. The van der Waals surface area contributed by atoms with Crippen molar-refractivity contribution in [3.63, 3.8) is 0 Å². The van der Waals surface area contributed by atoms with E-state index in [0.29, 0.717) is 12.0 Å². The molecule has 0 fully saturated rings. The van der Waals surface area contributed by atoms with Gasteiger partial charge < -0.3 is 15.6 Å². The van der Waals surface area contributed by atoms with Gasteiger partial charge in [0.15, 0.2) is 0 Å². The Morgan fingerprint density at radius 3 is 2.38 bits per heavy atom. The molecule has 1 unspecified atom stereocenters. The molecule has 2 amide bonds. The molecule has 1 atom stereocenters. The largest absolute Gasteiger partial charge is 0.368 e. The number of aromatic nitrogens is 1. The quantitative estimate of drug-likeness (QED) is 0.833. The van der Waals surface area contributed by atoms with Gasteiger partial charge in [-0.1, -0.05) is 26.0 Å². The van der Waals surface area contributed by atoms with Crippen LogP contribution in [0.15, 0.2) is 30.3 Å². The molecule has 1 aromatic carbocycles. The molecule has 0 spiro atoms. The highest BCUT2D eigenvalue weighted by molar-refractivity contribution is 6.00. The van der Waals surface area contributed by atoms with Gasteiger partial charge in [-0.3, -0.25) is 9.59 Å². The smallest absolute Gasteiger partial charge is 0.253 e. The second-order valence-corrected chi connectivity index (χ2v) is 7.71. The molecular weight excluding hydrogens is 326 g/mol. The minimum absolute atomic E-state index is 0.229. The number of primary amides is 1. The van der Waals surface area contributed by atoms with Crippen molar-refractivity contribution in [1.29, 1.82) is 0 Å². The maximum atomic E-state index is 12.9. The van der Waals surface area contributed by atoms with Crippen LogP contribution in [-0.4, -0.2) is 21.9 Å². The Balaban J connectivity index is 2.39. The zero-order valence-corrected chi connectivity index (χ0v) is 16.5. The molecule has 5 nitrogen and oxygen atoms in total. The number of carbonyl (C=O) groups is 2. The van der Waals surface area contributed by atoms with E-state index in [1.165, 1.54) is 0 Å². The minimum atomic E-state index is -1.07. The van der Waals surface area contributed by atoms with Crippen LogP contribution in [0.1, 0.15) is 54.5 Å². The van der Waals surface area contributed by atoms with Crippen molar-refractivity contribution in [2.24, 2.45) is 11.7 Å². The number of nitrogens with two attached hydrogens (primary N) is 1. The first-order valence-electron chi connectivity index (χ1n) is 8.93. The van der Waals surface area contributed by atoms with Crippen LogP contribution >= 0.6 is 0 Å². The predicted molar refractivity (Wildman–Crippen MR) is 105 cm³/mol. The SMILES string of the molecule is Cc1cccc(-n2c(C)cc(C(=O)NC(C)(CC(C)C)C(N)=O)c2C)c1. The standard InChI is InChI=1S/C21H29N3O2/c1-13(2)12-21(6,20(22)26)23-19(25)18-11-15(4)24(16(18)5)17-9-7-8-14(3)10-17/h7-11,13H,12H2,1-6H3,(H2,22,26)(H,23,25). The maximum absolute atomic E-state index is 12.9. The van der Waals surface area contributed by atoms with E-state index < -0.39 is 11.4 Å². The second-order valence-electron chi connectivity index (χ2n) is 7.71. The molecule has 1 aromatic heterocycles. The molecule has 0 aliphatic heterocycles. The molecule has 5 heteroatoms. The Kier molecular flexibility index (Phi) is 5.59. The van der Waals surface area contributed by atoms with Crippen LogP contribution in [0.5, 0.6) is 0 Å². The van der Waals surface area contributed by atoms with E-state index in [1.54, 1.807) is 6.92 Å². The van der Waals surface area contributed by atoms with Crippen molar-refractivity contribution in [3.05, 3.63) is 52.8 Å². The predicted octanol–water partition coefficient (Wildman–Crippen LogP) is 3.42. The van der Waals surface area contributed by atoms with Crippen molar-refractivity contribution in [1.82, 2.24) is 9.88 Å². The summed E-state index contributed by atoms with van der Waals surface area (Å²) in [6.07, 6.45) is 0.491. The highest BCUT2D eigenvalue weighted by atomic mass is 16.2. The number of nitrogens with zero attached hydrogens (tertiary/aromatic N) is 1. The van der Waals surface area contributed by atoms with E-state index in [0.717, 1.165) is 22.6 Å². The fourth-order valence-electron chi connectivity index (χ4n) is 3.50. The molecule has 0 radical (unpaired) electrons. The van der Waals surface area contributed by atoms with Gasteiger partial charge >= 0.3 is 0 Å². The molecule has 0 bridgehead atoms. The molecule has 0 aliphatic carbocycles. The summed E-state index contributed by atoms with van der Waals surface area (Å²) in [7, 11) is 0. The number of amides is 2. The van der Waals surface area contributed by atoms with Crippen LogP contribution in [0.2, 0.25) is 0 Å². The van der Waals surface area contributed by atoms with Gasteiger partial charge in [-0.05, 0) is 63.8 Å². The van der Waals surface area contributed by atoms with Gasteiger partial charge in [0.05, 0.1) is 5.56 Å². The lowest BCUT2D eigenvalue weighted by Crippen LogP contribution is -2.56. The van der Waals surface area contributed by atoms with Gasteiger partial charge in [-0.2, -0.15) is 0 Å². The second kappa shape index (κ2) is 7.36. The van der Waals surface area contributed by atoms with Gasteiger partial charge in [-0.15, -0.1) is 0 Å². The Morgan fingerprint density at radius 2 is 1.85 bits per heavy atom. The van der Waals surface area contributed by atoms with E-state index >= 15 is 0 Å². The summed E-state index contributed by atoms with van der Waals surface area (Å²) in [4.78, 5) is 24.8. The van der Waals surface area contributed by atoms with Gasteiger partial charge in [0.1, 0.15) is 5.54 Å². The lowest BCUT2D eigenvalue weighted by Gasteiger charge is -2.29. The summed E-state index contributed by atoms with van der Waals surface area (Å²) < 4.78 is 2.05. The van der Waals surface area contributed by atoms with Gasteiger partial charge in [0.2, 0.25) is 5.91 Å². The van der Waals surface area contributed by atoms with Crippen LogP contribution < -0.4 is 11.1 Å². The Labute approximate surface area is 155 Å². The number of benzene rings is 1. The van der Waals surface area contributed by atoms with Crippen LogP contribution in [-0.2, 0) is 4.79 Å². The maximum Gasteiger partial charge on any atom is 0.253 e. The van der Waals surface area contributed by atoms with Crippen molar-refractivity contribution in [2.45, 2.75) is 53.5 Å². The fraction of sp³-hybridized carbons (Fsp3) is 0.429. The normalized spacial score (nSPS) is 13.5. The van der Waals surface area contributed by atoms with Crippen LogP contribution in [0.25, 0.3) is 5.69 Å². The van der Waals surface area contributed by atoms with Crippen LogP contribution in [0.3, 0.4) is 0 Å². The average Bonchev–Trinajstić information content (AvgIpc) is 2.81. The third-order valence-corrected chi connectivity index (χ3v) is 4.69. The molecule has 2 aromatic rings. The molecule has 2 rings (SSSR count). The number of aryl methyl sites for hydroxylation is 2. The minimum Gasteiger partial charge on any atom is -0.368 e. The third-order valence-electron chi connectivity index (χ3n) is 4.69. The molecule has 140 valence electrons. The molecule has 3 N–H and O–H groups in total. The molecule has 0 saturated heterocycles. The van der Waals surface area contributed by atoms with Gasteiger partial charge in [-0.25, -0.2) is 0 Å². The number of hydrogen-bond donors (Lipinski definition) is 2. The Morgan fingerprint density at radius 1 is 1.19 bits per heavy atom. The zero-order chi connectivity index (χ0) is 19.6. The number of hydrogen-bond acceptors (Lipinski definition) is 2. The lowest BCUT2D eigenvalue weighted by atomic mass is 9.89. The number of nitrogens with one attached hydrogen (secondary N) is 1. The summed E-state index contributed by atoms with van der Waals surface area (Å²) in [6, 6.07) is 9.98. The van der Waals surface area contributed by atoms with E-state index in [2.05, 4.69) is 11.4 Å². The summed E-state index contributed by atoms with van der Waals surface area (Å²) >= 11 is 0. The Hall–Kier alpha value is -2.56. The summed E-state index contributed by atoms with van der Waals surface area (Å²) in [6.45, 7) is 11.6. The topological polar surface area (TPSA) is 77.1 Å². The van der Waals surface area contributed by atoms with E-state index in [4.69, 9.17) is 5.73 Å². The highest BCUT2D eigenvalue weighted by Gasteiger charge is 2.34. The van der Waals surface area contributed by atoms with Crippen molar-refractivity contribution >= 4 is 11.8 Å². The van der Waals surface area contributed by atoms with Gasteiger partial charge in [0, 0.05) is 17.1 Å². The first-order valence-corrected chi connectivity index (χ1v) is 8.93. The van der Waals surface area contributed by atoms with Crippen LogP contribution in [0.4, 0.5) is 0 Å². The van der Waals surface area contributed by atoms with Crippen molar-refractivity contribution < 1.29 is 9.59 Å². The summed E-state index contributed by atoms with van der Waals surface area (Å²) in [5.74, 6) is -0.571.